The highest BCUT2D eigenvalue weighted by Gasteiger charge is 2.18. The number of aromatic nitrogens is 4. The number of sulfonamides is 1. The number of benzene rings is 2. The van der Waals surface area contributed by atoms with Crippen LogP contribution in [0.1, 0.15) is 0 Å². The predicted octanol–water partition coefficient (Wildman–Crippen LogP) is 2.30. The number of hydrogen-bond donors (Lipinski definition) is 1. The third-order valence-electron chi connectivity index (χ3n) is 4.34. The quantitative estimate of drug-likeness (QED) is 0.416. The minimum Gasteiger partial charge on any atom is -0.495 e. The van der Waals surface area contributed by atoms with Crippen LogP contribution in [0, 0.1) is 5.82 Å². The summed E-state index contributed by atoms with van der Waals surface area (Å²) in [5.74, 6) is 0.582. The van der Waals surface area contributed by atoms with Crippen LogP contribution in [0.3, 0.4) is 0 Å². The van der Waals surface area contributed by atoms with Crippen LogP contribution >= 0.6 is 0 Å². The zero-order chi connectivity index (χ0) is 21.8. The van der Waals surface area contributed by atoms with Gasteiger partial charge in [-0.05, 0) is 42.5 Å². The van der Waals surface area contributed by atoms with Crippen LogP contribution in [-0.2, 0) is 10.0 Å². The molecular weight excluding hydrogens is 425 g/mol. The second-order valence-electron chi connectivity index (χ2n) is 6.37. The highest BCUT2D eigenvalue weighted by Crippen LogP contribution is 2.22. The van der Waals surface area contributed by atoms with E-state index in [0.717, 1.165) is 0 Å². The standard InChI is InChI=1S/C20H18FN5O4S/c1-29-16-4-2-3-5-17(16)31(27,28)22-12-13-30-19-11-10-18-23-24-20(26(18)25-19)14-6-8-15(21)9-7-14/h2-11,22H,12-13H2,1H3. The third-order valence-corrected chi connectivity index (χ3v) is 5.84. The molecular formula is C20H18FN5O4S. The fraction of sp³-hybridized carbons (Fsp3) is 0.150. The van der Waals surface area contributed by atoms with E-state index in [9.17, 15) is 12.8 Å². The molecule has 0 saturated carbocycles. The van der Waals surface area contributed by atoms with Gasteiger partial charge in [-0.2, -0.15) is 4.52 Å². The van der Waals surface area contributed by atoms with Crippen molar-refractivity contribution in [3.8, 4) is 23.0 Å². The van der Waals surface area contributed by atoms with Crippen molar-refractivity contribution >= 4 is 15.7 Å². The molecule has 0 fully saturated rings. The number of fused-ring (bicyclic) bond motifs is 1. The van der Waals surface area contributed by atoms with Crippen molar-refractivity contribution in [2.45, 2.75) is 4.90 Å². The molecule has 2 heterocycles. The number of nitrogens with zero attached hydrogens (tertiary/aromatic N) is 4. The van der Waals surface area contributed by atoms with E-state index in [1.54, 1.807) is 42.5 Å². The molecule has 31 heavy (non-hydrogen) atoms. The van der Waals surface area contributed by atoms with Crippen LogP contribution in [0.25, 0.3) is 17.0 Å². The monoisotopic (exact) mass is 443 g/mol. The topological polar surface area (TPSA) is 108 Å². The number of halogens is 1. The second kappa shape index (κ2) is 8.66. The molecule has 0 radical (unpaired) electrons. The highest BCUT2D eigenvalue weighted by molar-refractivity contribution is 7.89. The summed E-state index contributed by atoms with van der Waals surface area (Å²) in [5.41, 5.74) is 1.13. The molecule has 160 valence electrons. The average molecular weight is 443 g/mol. The Balaban J connectivity index is 1.44. The maximum absolute atomic E-state index is 13.2. The molecule has 0 unspecified atom stereocenters. The Morgan fingerprint density at radius 3 is 2.58 bits per heavy atom. The Kier molecular flexibility index (Phi) is 5.78. The normalized spacial score (nSPS) is 11.5. The Bertz CT molecular complexity index is 1310. The molecule has 0 saturated heterocycles. The van der Waals surface area contributed by atoms with Gasteiger partial charge in [-0.15, -0.1) is 15.3 Å². The van der Waals surface area contributed by atoms with Crippen molar-refractivity contribution in [3.05, 3.63) is 66.5 Å². The van der Waals surface area contributed by atoms with Gasteiger partial charge < -0.3 is 9.47 Å². The molecule has 0 aliphatic heterocycles. The van der Waals surface area contributed by atoms with Crippen molar-refractivity contribution in [1.82, 2.24) is 24.5 Å². The van der Waals surface area contributed by atoms with Crippen molar-refractivity contribution < 1.29 is 22.3 Å². The van der Waals surface area contributed by atoms with Gasteiger partial charge in [0.25, 0.3) is 0 Å². The van der Waals surface area contributed by atoms with Crippen LogP contribution in [0.5, 0.6) is 11.6 Å². The van der Waals surface area contributed by atoms with Crippen molar-refractivity contribution in [1.29, 1.82) is 0 Å². The number of ether oxygens (including phenoxy) is 2. The molecule has 4 rings (SSSR count). The molecule has 0 aliphatic rings. The van der Waals surface area contributed by atoms with Gasteiger partial charge in [-0.1, -0.05) is 12.1 Å². The van der Waals surface area contributed by atoms with Gasteiger partial charge in [-0.3, -0.25) is 0 Å². The van der Waals surface area contributed by atoms with E-state index < -0.39 is 10.0 Å². The third kappa shape index (κ3) is 4.47. The minimum absolute atomic E-state index is 0.0209. The van der Waals surface area contributed by atoms with E-state index in [1.807, 2.05) is 0 Å². The molecule has 0 atom stereocenters. The van der Waals surface area contributed by atoms with E-state index in [-0.39, 0.29) is 35.5 Å². The number of nitrogens with one attached hydrogen (secondary N) is 1. The van der Waals surface area contributed by atoms with Crippen LogP contribution in [0.15, 0.2) is 65.6 Å². The molecule has 11 heteroatoms. The van der Waals surface area contributed by atoms with E-state index in [2.05, 4.69) is 20.0 Å². The van der Waals surface area contributed by atoms with Gasteiger partial charge >= 0.3 is 0 Å². The van der Waals surface area contributed by atoms with Crippen LogP contribution in [0.4, 0.5) is 4.39 Å². The van der Waals surface area contributed by atoms with E-state index in [4.69, 9.17) is 9.47 Å². The minimum atomic E-state index is -3.76. The first-order chi connectivity index (χ1) is 15.0. The van der Waals surface area contributed by atoms with Crippen molar-refractivity contribution in [2.75, 3.05) is 20.3 Å². The lowest BCUT2D eigenvalue weighted by atomic mass is 10.2. The second-order valence-corrected chi connectivity index (χ2v) is 8.10. The van der Waals surface area contributed by atoms with Crippen LogP contribution < -0.4 is 14.2 Å². The van der Waals surface area contributed by atoms with Gasteiger partial charge in [0.2, 0.25) is 15.9 Å². The van der Waals surface area contributed by atoms with Gasteiger partial charge in [0, 0.05) is 18.2 Å². The Hall–Kier alpha value is -3.57. The summed E-state index contributed by atoms with van der Waals surface area (Å²) < 4.78 is 52.8. The summed E-state index contributed by atoms with van der Waals surface area (Å²) in [6.07, 6.45) is 0. The van der Waals surface area contributed by atoms with Crippen molar-refractivity contribution in [2.24, 2.45) is 0 Å². The van der Waals surface area contributed by atoms with E-state index in [1.165, 1.54) is 29.8 Å². The lowest BCUT2D eigenvalue weighted by Gasteiger charge is -2.11. The SMILES string of the molecule is COc1ccccc1S(=O)(=O)NCCOc1ccc2nnc(-c3ccc(F)cc3)n2n1. The van der Waals surface area contributed by atoms with Gasteiger partial charge in [0.05, 0.1) is 7.11 Å². The summed E-state index contributed by atoms with van der Waals surface area (Å²) in [6, 6.07) is 15.4. The molecule has 2 aromatic carbocycles. The maximum atomic E-state index is 13.2. The van der Waals surface area contributed by atoms with Crippen molar-refractivity contribution in [3.63, 3.8) is 0 Å². The lowest BCUT2D eigenvalue weighted by molar-refractivity contribution is 0.305. The van der Waals surface area contributed by atoms with E-state index >= 15 is 0 Å². The lowest BCUT2D eigenvalue weighted by Crippen LogP contribution is -2.28. The first-order valence-corrected chi connectivity index (χ1v) is 10.7. The van der Waals surface area contributed by atoms with Gasteiger partial charge in [0.1, 0.15) is 23.1 Å². The summed E-state index contributed by atoms with van der Waals surface area (Å²) in [4.78, 5) is 0.0467. The van der Waals surface area contributed by atoms with Gasteiger partial charge in [0.15, 0.2) is 11.5 Å². The summed E-state index contributed by atoms with van der Waals surface area (Å²) >= 11 is 0. The maximum Gasteiger partial charge on any atom is 0.244 e. The largest absolute Gasteiger partial charge is 0.495 e. The van der Waals surface area contributed by atoms with Crippen LogP contribution in [-0.4, -0.2) is 48.5 Å². The summed E-state index contributed by atoms with van der Waals surface area (Å²) in [5, 5.41) is 12.5. The number of rotatable bonds is 8. The molecule has 0 aliphatic carbocycles. The molecule has 4 aromatic rings. The summed E-state index contributed by atoms with van der Waals surface area (Å²) in [6.45, 7) is 0.0635. The van der Waals surface area contributed by atoms with E-state index in [0.29, 0.717) is 17.0 Å². The smallest absolute Gasteiger partial charge is 0.244 e. The van der Waals surface area contributed by atoms with Crippen LogP contribution in [0.2, 0.25) is 0 Å². The Morgan fingerprint density at radius 1 is 1.03 bits per heavy atom. The zero-order valence-electron chi connectivity index (χ0n) is 16.4. The molecule has 9 nitrogen and oxygen atoms in total. The zero-order valence-corrected chi connectivity index (χ0v) is 17.2. The molecule has 0 amide bonds. The number of hydrogen-bond acceptors (Lipinski definition) is 7. The average Bonchev–Trinajstić information content (AvgIpc) is 3.20. The molecule has 0 spiro atoms. The number of methoxy groups -OCH3 is 1. The van der Waals surface area contributed by atoms with Gasteiger partial charge in [-0.25, -0.2) is 17.5 Å². The Morgan fingerprint density at radius 2 is 1.81 bits per heavy atom. The Labute approximate surface area is 177 Å². The summed E-state index contributed by atoms with van der Waals surface area (Å²) in [7, 11) is -2.35. The molecule has 2 aromatic heterocycles. The molecule has 0 bridgehead atoms. The first-order valence-electron chi connectivity index (χ1n) is 9.22. The first kappa shape index (κ1) is 20.7. The molecule has 1 N–H and O–H groups in total. The fourth-order valence-corrected chi connectivity index (χ4v) is 4.06. The predicted molar refractivity (Wildman–Crippen MR) is 110 cm³/mol. The number of para-hydroxylation sites is 1. The fourth-order valence-electron chi connectivity index (χ4n) is 2.88. The highest BCUT2D eigenvalue weighted by atomic mass is 32.2.